The number of rotatable bonds is 13. The van der Waals surface area contributed by atoms with Gasteiger partial charge in [-0.2, -0.15) is 0 Å². The zero-order chi connectivity index (χ0) is 27.4. The lowest BCUT2D eigenvalue weighted by Gasteiger charge is -2.43. The van der Waals surface area contributed by atoms with Crippen LogP contribution in [0.2, 0.25) is 0 Å². The Hall–Kier alpha value is -3.39. The minimum atomic E-state index is -1.72. The van der Waals surface area contributed by atoms with E-state index in [0.29, 0.717) is 13.2 Å². The zero-order valence-corrected chi connectivity index (χ0v) is 22.4. The lowest BCUT2D eigenvalue weighted by atomic mass is 9.98. The number of alkyl halides is 1. The Morgan fingerprint density at radius 3 is 1.30 bits per heavy atom. The van der Waals surface area contributed by atoms with Crippen molar-refractivity contribution in [1.29, 1.82) is 0 Å². The summed E-state index contributed by atoms with van der Waals surface area (Å²) in [7, 11) is 0. The van der Waals surface area contributed by atoms with Gasteiger partial charge in [-0.1, -0.05) is 121 Å². The first kappa shape index (κ1) is 28.1. The van der Waals surface area contributed by atoms with Gasteiger partial charge in [0.15, 0.2) is 0 Å². The summed E-state index contributed by atoms with van der Waals surface area (Å²) in [4.78, 5) is 0. The van der Waals surface area contributed by atoms with E-state index in [1.807, 2.05) is 121 Å². The van der Waals surface area contributed by atoms with Crippen LogP contribution < -0.4 is 0 Å². The molecule has 5 rings (SSSR count). The quantitative estimate of drug-likeness (QED) is 0.189. The molecule has 0 saturated carbocycles. The molecular weight excluding hydrogens is 507 g/mol. The molecule has 1 aliphatic heterocycles. The Balaban J connectivity index is 1.36. The van der Waals surface area contributed by atoms with Gasteiger partial charge in [-0.15, -0.1) is 0 Å². The van der Waals surface area contributed by atoms with Crippen LogP contribution in [0, 0.1) is 0 Å². The van der Waals surface area contributed by atoms with E-state index >= 15 is 4.39 Å². The Kier molecular flexibility index (Phi) is 10.4. The molecule has 0 spiro atoms. The SMILES string of the molecule is F[C@H]1O[C@H](COCc2ccccc2)[C@H](OCc2ccccc2)[C@H](OCc2ccccc2)[C@H]1OCc1ccccc1. The van der Waals surface area contributed by atoms with Crippen LogP contribution in [0.5, 0.6) is 0 Å². The van der Waals surface area contributed by atoms with E-state index in [-0.39, 0.29) is 19.8 Å². The van der Waals surface area contributed by atoms with E-state index in [1.54, 1.807) is 0 Å². The van der Waals surface area contributed by atoms with E-state index in [2.05, 4.69) is 0 Å². The molecule has 1 fully saturated rings. The lowest BCUT2D eigenvalue weighted by molar-refractivity contribution is -0.298. The van der Waals surface area contributed by atoms with Crippen molar-refractivity contribution in [2.75, 3.05) is 6.61 Å². The van der Waals surface area contributed by atoms with E-state index in [1.165, 1.54) is 0 Å². The van der Waals surface area contributed by atoms with E-state index in [9.17, 15) is 0 Å². The van der Waals surface area contributed by atoms with Crippen LogP contribution in [0.1, 0.15) is 22.3 Å². The summed E-state index contributed by atoms with van der Waals surface area (Å²) < 4.78 is 46.6. The summed E-state index contributed by atoms with van der Waals surface area (Å²) in [5, 5.41) is 0. The number of ether oxygens (including phenoxy) is 5. The molecule has 1 saturated heterocycles. The molecule has 6 heteroatoms. The molecule has 0 N–H and O–H groups in total. The second kappa shape index (κ2) is 14.8. The second-order valence-electron chi connectivity index (χ2n) is 9.81. The first-order valence-corrected chi connectivity index (χ1v) is 13.6. The molecule has 1 heterocycles. The van der Waals surface area contributed by atoms with Crippen LogP contribution in [0.4, 0.5) is 4.39 Å². The molecular formula is C34H35FO5. The number of hydrogen-bond acceptors (Lipinski definition) is 5. The third-order valence-electron chi connectivity index (χ3n) is 6.83. The Morgan fingerprint density at radius 2 is 0.850 bits per heavy atom. The van der Waals surface area contributed by atoms with Crippen LogP contribution >= 0.6 is 0 Å². The molecule has 1 aliphatic rings. The first-order chi connectivity index (χ1) is 19.8. The average molecular weight is 543 g/mol. The van der Waals surface area contributed by atoms with Gasteiger partial charge in [0.2, 0.25) is 6.36 Å². The zero-order valence-electron chi connectivity index (χ0n) is 22.4. The fourth-order valence-electron chi connectivity index (χ4n) is 4.73. The predicted octanol–water partition coefficient (Wildman–Crippen LogP) is 6.65. The topological polar surface area (TPSA) is 46.2 Å². The van der Waals surface area contributed by atoms with Crippen molar-refractivity contribution in [3.05, 3.63) is 144 Å². The molecule has 0 aliphatic carbocycles. The van der Waals surface area contributed by atoms with Crippen molar-refractivity contribution in [2.45, 2.75) is 57.2 Å². The van der Waals surface area contributed by atoms with Gasteiger partial charge in [0.1, 0.15) is 24.4 Å². The molecule has 0 aromatic heterocycles. The molecule has 0 bridgehead atoms. The number of benzene rings is 4. The second-order valence-corrected chi connectivity index (χ2v) is 9.81. The molecule has 0 unspecified atom stereocenters. The largest absolute Gasteiger partial charge is 0.374 e. The van der Waals surface area contributed by atoms with Crippen molar-refractivity contribution in [1.82, 2.24) is 0 Å². The summed E-state index contributed by atoms with van der Waals surface area (Å²) in [5.41, 5.74) is 3.94. The third kappa shape index (κ3) is 8.07. The highest BCUT2D eigenvalue weighted by molar-refractivity contribution is 5.16. The van der Waals surface area contributed by atoms with Crippen molar-refractivity contribution in [3.63, 3.8) is 0 Å². The van der Waals surface area contributed by atoms with Crippen LogP contribution in [0.15, 0.2) is 121 Å². The molecule has 0 amide bonds. The summed E-state index contributed by atoms with van der Waals surface area (Å²) in [6, 6.07) is 39.2. The number of halogens is 1. The molecule has 5 nitrogen and oxygen atoms in total. The Labute approximate surface area is 235 Å². The fraction of sp³-hybridized carbons (Fsp3) is 0.294. The monoisotopic (exact) mass is 542 g/mol. The van der Waals surface area contributed by atoms with Gasteiger partial charge in [0.25, 0.3) is 0 Å². The lowest BCUT2D eigenvalue weighted by Crippen LogP contribution is -2.60. The summed E-state index contributed by atoms with van der Waals surface area (Å²) >= 11 is 0. The van der Waals surface area contributed by atoms with Gasteiger partial charge in [-0.05, 0) is 22.3 Å². The molecule has 0 radical (unpaired) electrons. The van der Waals surface area contributed by atoms with Crippen LogP contribution in [0.25, 0.3) is 0 Å². The van der Waals surface area contributed by atoms with Crippen molar-refractivity contribution in [2.24, 2.45) is 0 Å². The average Bonchev–Trinajstić information content (AvgIpc) is 3.01. The van der Waals surface area contributed by atoms with Gasteiger partial charge in [-0.25, -0.2) is 4.39 Å². The maximum atomic E-state index is 15.7. The standard InChI is InChI=1S/C34H35FO5/c35-34-33(39-24-29-19-11-4-12-20-29)32(38-23-28-17-9-3-10-18-28)31(37-22-27-15-7-2-8-16-27)30(40-34)25-36-21-26-13-5-1-6-14-26/h1-20,30-34H,21-25H2/t30-,31+,32+,33-,34+/m1/s1. The Bertz CT molecular complexity index is 1240. The highest BCUT2D eigenvalue weighted by Crippen LogP contribution is 2.31. The maximum absolute atomic E-state index is 15.7. The van der Waals surface area contributed by atoms with E-state index in [0.717, 1.165) is 22.3 Å². The van der Waals surface area contributed by atoms with E-state index < -0.39 is 30.8 Å². The normalized spacial score (nSPS) is 22.7. The van der Waals surface area contributed by atoms with E-state index in [4.69, 9.17) is 23.7 Å². The fourth-order valence-corrected chi connectivity index (χ4v) is 4.73. The molecule has 4 aromatic rings. The van der Waals surface area contributed by atoms with Crippen LogP contribution in [-0.4, -0.2) is 37.4 Å². The highest BCUT2D eigenvalue weighted by atomic mass is 19.1. The third-order valence-corrected chi connectivity index (χ3v) is 6.83. The van der Waals surface area contributed by atoms with Gasteiger partial charge in [-0.3, -0.25) is 0 Å². The molecule has 4 aromatic carbocycles. The predicted molar refractivity (Wildman–Crippen MR) is 151 cm³/mol. The van der Waals surface area contributed by atoms with Gasteiger partial charge >= 0.3 is 0 Å². The van der Waals surface area contributed by atoms with Crippen molar-refractivity contribution < 1.29 is 28.1 Å². The molecule has 208 valence electrons. The smallest absolute Gasteiger partial charge is 0.228 e. The Morgan fingerprint density at radius 1 is 0.475 bits per heavy atom. The van der Waals surface area contributed by atoms with Gasteiger partial charge < -0.3 is 23.7 Å². The molecule has 40 heavy (non-hydrogen) atoms. The van der Waals surface area contributed by atoms with Crippen LogP contribution in [0.3, 0.4) is 0 Å². The number of hydrogen-bond donors (Lipinski definition) is 0. The van der Waals surface area contributed by atoms with Crippen molar-refractivity contribution >= 4 is 0 Å². The van der Waals surface area contributed by atoms with Gasteiger partial charge in [0, 0.05) is 0 Å². The first-order valence-electron chi connectivity index (χ1n) is 13.6. The van der Waals surface area contributed by atoms with Gasteiger partial charge in [0.05, 0.1) is 33.0 Å². The summed E-state index contributed by atoms with van der Waals surface area (Å²) in [6.07, 6.45) is -4.77. The maximum Gasteiger partial charge on any atom is 0.228 e. The van der Waals surface area contributed by atoms with Crippen molar-refractivity contribution in [3.8, 4) is 0 Å². The minimum Gasteiger partial charge on any atom is -0.374 e. The summed E-state index contributed by atoms with van der Waals surface area (Å²) in [6.45, 7) is 1.35. The highest BCUT2D eigenvalue weighted by Gasteiger charge is 2.48. The molecule has 5 atom stereocenters. The van der Waals surface area contributed by atoms with Crippen LogP contribution in [-0.2, 0) is 50.1 Å². The summed E-state index contributed by atoms with van der Waals surface area (Å²) in [5.74, 6) is 0. The minimum absolute atomic E-state index is 0.144.